The van der Waals surface area contributed by atoms with Gasteiger partial charge >= 0.3 is 5.97 Å². The molecule has 1 heterocycles. The lowest BCUT2D eigenvalue weighted by atomic mass is 10.0. The third kappa shape index (κ3) is 1.65. The summed E-state index contributed by atoms with van der Waals surface area (Å²) in [5, 5.41) is 3.85. The van der Waals surface area contributed by atoms with E-state index in [1.807, 2.05) is 36.4 Å². The standard InChI is InChI=1S/C13H11NO2/c15-13-11(8-9-6-7-9)12(14-16-13)10-4-2-1-3-5-10/h1-5,8-9H,6-7H2/b11-8-. The van der Waals surface area contributed by atoms with Gasteiger partial charge in [-0.05, 0) is 18.8 Å². The van der Waals surface area contributed by atoms with Crippen molar-refractivity contribution in [2.24, 2.45) is 11.1 Å². The van der Waals surface area contributed by atoms with Crippen molar-refractivity contribution in [1.29, 1.82) is 0 Å². The molecule has 1 aliphatic heterocycles. The van der Waals surface area contributed by atoms with Crippen molar-refractivity contribution >= 4 is 11.7 Å². The summed E-state index contributed by atoms with van der Waals surface area (Å²) in [6, 6.07) is 9.65. The van der Waals surface area contributed by atoms with Gasteiger partial charge in [-0.1, -0.05) is 41.6 Å². The van der Waals surface area contributed by atoms with Crippen LogP contribution in [0.3, 0.4) is 0 Å². The average molecular weight is 213 g/mol. The molecule has 80 valence electrons. The van der Waals surface area contributed by atoms with Gasteiger partial charge in [0.25, 0.3) is 0 Å². The first kappa shape index (κ1) is 9.33. The van der Waals surface area contributed by atoms with Gasteiger partial charge in [-0.2, -0.15) is 0 Å². The number of hydrogen-bond acceptors (Lipinski definition) is 3. The topological polar surface area (TPSA) is 38.7 Å². The van der Waals surface area contributed by atoms with E-state index in [1.54, 1.807) is 0 Å². The van der Waals surface area contributed by atoms with E-state index in [4.69, 9.17) is 4.84 Å². The smallest absolute Gasteiger partial charge is 0.312 e. The van der Waals surface area contributed by atoms with Gasteiger partial charge in [0.15, 0.2) is 0 Å². The van der Waals surface area contributed by atoms with Crippen LogP contribution in [0.5, 0.6) is 0 Å². The first-order valence-electron chi connectivity index (χ1n) is 5.41. The highest BCUT2D eigenvalue weighted by Crippen LogP contribution is 2.33. The van der Waals surface area contributed by atoms with Crippen molar-refractivity contribution < 1.29 is 9.63 Å². The van der Waals surface area contributed by atoms with Crippen molar-refractivity contribution in [1.82, 2.24) is 0 Å². The third-order valence-electron chi connectivity index (χ3n) is 2.77. The van der Waals surface area contributed by atoms with Gasteiger partial charge in [0.1, 0.15) is 5.71 Å². The van der Waals surface area contributed by atoms with Gasteiger partial charge in [-0.15, -0.1) is 0 Å². The third-order valence-corrected chi connectivity index (χ3v) is 2.77. The van der Waals surface area contributed by atoms with E-state index in [2.05, 4.69) is 5.16 Å². The Morgan fingerprint density at radius 2 is 2.00 bits per heavy atom. The predicted octanol–water partition coefficient (Wildman–Crippen LogP) is 2.28. The largest absolute Gasteiger partial charge is 0.367 e. The molecule has 0 bridgehead atoms. The second-order valence-electron chi connectivity index (χ2n) is 4.10. The number of carbonyl (C=O) groups is 1. The molecule has 3 rings (SSSR count). The molecule has 0 amide bonds. The highest BCUT2D eigenvalue weighted by molar-refractivity contribution is 6.28. The first-order valence-corrected chi connectivity index (χ1v) is 5.41. The number of nitrogens with zero attached hydrogens (tertiary/aromatic N) is 1. The Morgan fingerprint density at radius 1 is 1.25 bits per heavy atom. The average Bonchev–Trinajstić information content (AvgIpc) is 3.06. The number of rotatable bonds is 2. The van der Waals surface area contributed by atoms with Crippen molar-refractivity contribution in [3.05, 3.63) is 47.5 Å². The van der Waals surface area contributed by atoms with Gasteiger partial charge in [0.2, 0.25) is 0 Å². The van der Waals surface area contributed by atoms with Gasteiger partial charge in [0, 0.05) is 5.56 Å². The van der Waals surface area contributed by atoms with Crippen LogP contribution in [0.4, 0.5) is 0 Å². The maximum Gasteiger partial charge on any atom is 0.367 e. The number of carbonyl (C=O) groups excluding carboxylic acids is 1. The highest BCUT2D eigenvalue weighted by atomic mass is 16.7. The van der Waals surface area contributed by atoms with Gasteiger partial charge in [-0.3, -0.25) is 0 Å². The number of oxime groups is 1. The zero-order valence-electron chi connectivity index (χ0n) is 8.72. The van der Waals surface area contributed by atoms with Gasteiger partial charge in [-0.25, -0.2) is 4.79 Å². The normalized spacial score (nSPS) is 22.1. The van der Waals surface area contributed by atoms with Crippen molar-refractivity contribution in [3.63, 3.8) is 0 Å². The second-order valence-corrected chi connectivity index (χ2v) is 4.10. The van der Waals surface area contributed by atoms with Crippen LogP contribution < -0.4 is 0 Å². The van der Waals surface area contributed by atoms with E-state index >= 15 is 0 Å². The minimum atomic E-state index is -0.328. The fourth-order valence-electron chi connectivity index (χ4n) is 1.73. The fraction of sp³-hybridized carbons (Fsp3) is 0.231. The lowest BCUT2D eigenvalue weighted by Gasteiger charge is -1.98. The summed E-state index contributed by atoms with van der Waals surface area (Å²) in [7, 11) is 0. The number of allylic oxidation sites excluding steroid dienone is 1. The lowest BCUT2D eigenvalue weighted by Crippen LogP contribution is -2.07. The predicted molar refractivity (Wildman–Crippen MR) is 59.9 cm³/mol. The molecule has 2 aliphatic rings. The minimum Gasteiger partial charge on any atom is -0.312 e. The molecule has 3 heteroatoms. The van der Waals surface area contributed by atoms with Crippen LogP contribution in [0.2, 0.25) is 0 Å². The van der Waals surface area contributed by atoms with Crippen LogP contribution in [0, 0.1) is 5.92 Å². The van der Waals surface area contributed by atoms with Crippen LogP contribution in [0.25, 0.3) is 0 Å². The Labute approximate surface area is 93.4 Å². The van der Waals surface area contributed by atoms with E-state index < -0.39 is 0 Å². The molecule has 0 atom stereocenters. The number of benzene rings is 1. The molecule has 3 nitrogen and oxygen atoms in total. The summed E-state index contributed by atoms with van der Waals surface area (Å²) in [4.78, 5) is 16.3. The molecule has 0 aromatic heterocycles. The molecule has 16 heavy (non-hydrogen) atoms. The molecule has 1 aliphatic carbocycles. The second kappa shape index (κ2) is 3.59. The quantitative estimate of drug-likeness (QED) is 0.558. The Kier molecular flexibility index (Phi) is 2.10. The molecular weight excluding hydrogens is 202 g/mol. The van der Waals surface area contributed by atoms with Gasteiger partial charge < -0.3 is 4.84 Å². The van der Waals surface area contributed by atoms with E-state index in [-0.39, 0.29) is 5.97 Å². The molecule has 1 aromatic carbocycles. The Hall–Kier alpha value is -1.90. The van der Waals surface area contributed by atoms with E-state index in [1.165, 1.54) is 12.8 Å². The molecule has 0 unspecified atom stereocenters. The maximum absolute atomic E-state index is 11.5. The molecule has 0 radical (unpaired) electrons. The van der Waals surface area contributed by atoms with Crippen molar-refractivity contribution in [2.75, 3.05) is 0 Å². The fourth-order valence-corrected chi connectivity index (χ4v) is 1.73. The Balaban J connectivity index is 1.98. The van der Waals surface area contributed by atoms with Crippen LogP contribution in [0.1, 0.15) is 18.4 Å². The van der Waals surface area contributed by atoms with Crippen LogP contribution >= 0.6 is 0 Å². The van der Waals surface area contributed by atoms with Crippen molar-refractivity contribution in [3.8, 4) is 0 Å². The summed E-state index contributed by atoms with van der Waals surface area (Å²) < 4.78 is 0. The molecule has 1 fully saturated rings. The first-order chi connectivity index (χ1) is 7.84. The summed E-state index contributed by atoms with van der Waals surface area (Å²) in [5.41, 5.74) is 2.21. The summed E-state index contributed by atoms with van der Waals surface area (Å²) in [6.45, 7) is 0. The summed E-state index contributed by atoms with van der Waals surface area (Å²) in [6.07, 6.45) is 4.32. The molecule has 0 saturated heterocycles. The monoisotopic (exact) mass is 213 g/mol. The van der Waals surface area contributed by atoms with Gasteiger partial charge in [0.05, 0.1) is 5.57 Å². The summed E-state index contributed by atoms with van der Waals surface area (Å²) in [5.74, 6) is 0.209. The van der Waals surface area contributed by atoms with E-state index in [0.717, 1.165) is 5.56 Å². The molecule has 0 spiro atoms. The lowest BCUT2D eigenvalue weighted by molar-refractivity contribution is -0.136. The Bertz CT molecular complexity index is 484. The van der Waals surface area contributed by atoms with E-state index in [0.29, 0.717) is 17.2 Å². The molecule has 1 aromatic rings. The van der Waals surface area contributed by atoms with E-state index in [9.17, 15) is 4.79 Å². The van der Waals surface area contributed by atoms with Crippen molar-refractivity contribution in [2.45, 2.75) is 12.8 Å². The SMILES string of the molecule is O=C1ON=C(c2ccccc2)/C1=C/C1CC1. The highest BCUT2D eigenvalue weighted by Gasteiger charge is 2.30. The zero-order valence-corrected chi connectivity index (χ0v) is 8.72. The van der Waals surface area contributed by atoms with Crippen LogP contribution in [-0.2, 0) is 9.63 Å². The molecule has 1 saturated carbocycles. The maximum atomic E-state index is 11.5. The minimum absolute atomic E-state index is 0.328. The van der Waals surface area contributed by atoms with Crippen LogP contribution in [0.15, 0.2) is 47.1 Å². The Morgan fingerprint density at radius 3 is 2.69 bits per heavy atom. The van der Waals surface area contributed by atoms with Crippen LogP contribution in [-0.4, -0.2) is 11.7 Å². The zero-order chi connectivity index (χ0) is 11.0. The molecular formula is C13H11NO2. The number of hydrogen-bond donors (Lipinski definition) is 0. The summed E-state index contributed by atoms with van der Waals surface area (Å²) >= 11 is 0. The molecule has 0 N–H and O–H groups in total.